The molecule has 1 N–H and O–H groups in total. The van der Waals surface area contributed by atoms with Crippen LogP contribution in [0.1, 0.15) is 40.9 Å². The van der Waals surface area contributed by atoms with E-state index in [4.69, 9.17) is 5.11 Å². The van der Waals surface area contributed by atoms with Gasteiger partial charge in [-0.2, -0.15) is 0 Å². The first-order valence-electron chi connectivity index (χ1n) is 7.17. The Balaban J connectivity index is 0.000000220. The molecule has 2 nitrogen and oxygen atoms in total. The molecule has 0 saturated heterocycles. The second kappa shape index (κ2) is 9.93. The fraction of sp³-hybridized carbons (Fsp3) is 0.278. The predicted octanol–water partition coefficient (Wildman–Crippen LogP) is 5.33. The Hall–Kier alpha value is -0.970. The Morgan fingerprint density at radius 1 is 0.955 bits per heavy atom. The van der Waals surface area contributed by atoms with Crippen LogP contribution in [0.3, 0.4) is 0 Å². The highest BCUT2D eigenvalue weighted by atomic mass is 79.9. The Labute approximate surface area is 148 Å². The van der Waals surface area contributed by atoms with E-state index in [1.54, 1.807) is 6.07 Å². The lowest BCUT2D eigenvalue weighted by molar-refractivity contribution is 0.112. The standard InChI is InChI=1S/C9H11BrO.C9H9BrO/c2*1-2-8-5-7(6-11)3-4-9(8)10/h3-5,11H,2,6H2,1H3;3-6H,2H2,1H3. The topological polar surface area (TPSA) is 37.3 Å². The lowest BCUT2D eigenvalue weighted by Gasteiger charge is -2.02. The van der Waals surface area contributed by atoms with E-state index in [1.807, 2.05) is 30.3 Å². The minimum Gasteiger partial charge on any atom is -0.392 e. The van der Waals surface area contributed by atoms with Crippen LogP contribution in [0.25, 0.3) is 0 Å². The van der Waals surface area contributed by atoms with Gasteiger partial charge >= 0.3 is 0 Å². The molecule has 0 radical (unpaired) electrons. The molecular formula is C18H20Br2O2. The number of hydrogen-bond acceptors (Lipinski definition) is 2. The van der Waals surface area contributed by atoms with Gasteiger partial charge in [-0.3, -0.25) is 4.79 Å². The van der Waals surface area contributed by atoms with Gasteiger partial charge in [0.1, 0.15) is 6.29 Å². The van der Waals surface area contributed by atoms with Crippen molar-refractivity contribution in [2.75, 3.05) is 0 Å². The third-order valence-corrected chi connectivity index (χ3v) is 4.81. The maximum atomic E-state index is 10.4. The molecule has 22 heavy (non-hydrogen) atoms. The van der Waals surface area contributed by atoms with Crippen LogP contribution in [-0.2, 0) is 19.4 Å². The number of halogens is 2. The minimum absolute atomic E-state index is 0.125. The van der Waals surface area contributed by atoms with Crippen LogP contribution in [-0.4, -0.2) is 11.4 Å². The summed E-state index contributed by atoms with van der Waals surface area (Å²) in [6.45, 7) is 4.29. The molecule has 0 aliphatic heterocycles. The number of carbonyl (C=O) groups is 1. The first kappa shape index (κ1) is 19.1. The van der Waals surface area contributed by atoms with Crippen molar-refractivity contribution >= 4 is 38.1 Å². The second-order valence-corrected chi connectivity index (χ2v) is 6.47. The molecule has 0 unspecified atom stereocenters. The van der Waals surface area contributed by atoms with Crippen LogP contribution in [0, 0.1) is 0 Å². The molecule has 2 aromatic carbocycles. The van der Waals surface area contributed by atoms with Gasteiger partial charge < -0.3 is 5.11 Å². The summed E-state index contributed by atoms with van der Waals surface area (Å²) in [5, 5.41) is 8.83. The smallest absolute Gasteiger partial charge is 0.150 e. The molecule has 118 valence electrons. The molecule has 0 atom stereocenters. The summed E-state index contributed by atoms with van der Waals surface area (Å²) in [6.07, 6.45) is 2.81. The maximum Gasteiger partial charge on any atom is 0.150 e. The van der Waals surface area contributed by atoms with Crippen molar-refractivity contribution in [3.8, 4) is 0 Å². The van der Waals surface area contributed by atoms with Crippen LogP contribution in [0.5, 0.6) is 0 Å². The molecule has 0 aliphatic carbocycles. The number of hydrogen-bond donors (Lipinski definition) is 1. The van der Waals surface area contributed by atoms with Crippen molar-refractivity contribution in [1.82, 2.24) is 0 Å². The summed E-state index contributed by atoms with van der Waals surface area (Å²) in [7, 11) is 0. The van der Waals surface area contributed by atoms with Gasteiger partial charge in [0.15, 0.2) is 0 Å². The van der Waals surface area contributed by atoms with Gasteiger partial charge in [-0.1, -0.05) is 63.9 Å². The van der Waals surface area contributed by atoms with Crippen LogP contribution < -0.4 is 0 Å². The third-order valence-electron chi connectivity index (χ3n) is 3.26. The summed E-state index contributed by atoms with van der Waals surface area (Å²) < 4.78 is 2.20. The summed E-state index contributed by atoms with van der Waals surface area (Å²) >= 11 is 6.84. The summed E-state index contributed by atoms with van der Waals surface area (Å²) in [5.74, 6) is 0. The fourth-order valence-electron chi connectivity index (χ4n) is 1.94. The number of benzene rings is 2. The lowest BCUT2D eigenvalue weighted by Crippen LogP contribution is -1.87. The highest BCUT2D eigenvalue weighted by Gasteiger charge is 1.98. The average molecular weight is 428 g/mol. The Kier molecular flexibility index (Phi) is 8.61. The zero-order valence-corrected chi connectivity index (χ0v) is 15.9. The Morgan fingerprint density at radius 3 is 2.00 bits per heavy atom. The molecule has 2 rings (SSSR count). The van der Waals surface area contributed by atoms with E-state index >= 15 is 0 Å². The van der Waals surface area contributed by atoms with E-state index in [-0.39, 0.29) is 6.61 Å². The predicted molar refractivity (Wildman–Crippen MR) is 98.4 cm³/mol. The SMILES string of the molecule is CCc1cc(C=O)ccc1Br.CCc1cc(CO)ccc1Br. The van der Waals surface area contributed by atoms with Crippen molar-refractivity contribution in [3.63, 3.8) is 0 Å². The summed E-state index contributed by atoms with van der Waals surface area (Å²) in [4.78, 5) is 10.4. The molecule has 0 saturated carbocycles. The van der Waals surface area contributed by atoms with Crippen molar-refractivity contribution in [3.05, 3.63) is 67.6 Å². The van der Waals surface area contributed by atoms with Gasteiger partial charge in [-0.05, 0) is 47.7 Å². The lowest BCUT2D eigenvalue weighted by atomic mass is 10.1. The van der Waals surface area contributed by atoms with Crippen molar-refractivity contribution < 1.29 is 9.90 Å². The van der Waals surface area contributed by atoms with Crippen LogP contribution >= 0.6 is 31.9 Å². The zero-order chi connectivity index (χ0) is 16.5. The van der Waals surface area contributed by atoms with E-state index in [0.29, 0.717) is 0 Å². The molecule has 0 heterocycles. The maximum absolute atomic E-state index is 10.4. The highest BCUT2D eigenvalue weighted by Crippen LogP contribution is 2.19. The monoisotopic (exact) mass is 426 g/mol. The third kappa shape index (κ3) is 5.67. The van der Waals surface area contributed by atoms with E-state index in [1.165, 1.54) is 11.1 Å². The molecule has 2 aromatic rings. The highest BCUT2D eigenvalue weighted by molar-refractivity contribution is 9.10. The average Bonchev–Trinajstić information content (AvgIpc) is 2.56. The van der Waals surface area contributed by atoms with Gasteiger partial charge in [0.05, 0.1) is 6.61 Å². The number of rotatable bonds is 4. The number of aryl methyl sites for hydroxylation is 2. The Bertz CT molecular complexity index is 624. The molecule has 0 bridgehead atoms. The van der Waals surface area contributed by atoms with Gasteiger partial charge in [-0.15, -0.1) is 0 Å². The van der Waals surface area contributed by atoms with E-state index in [9.17, 15) is 4.79 Å². The normalized spacial score (nSPS) is 9.86. The van der Waals surface area contributed by atoms with Gasteiger partial charge in [-0.25, -0.2) is 0 Å². The zero-order valence-electron chi connectivity index (χ0n) is 12.8. The van der Waals surface area contributed by atoms with E-state index in [0.717, 1.165) is 39.2 Å². The van der Waals surface area contributed by atoms with Gasteiger partial charge in [0.2, 0.25) is 0 Å². The minimum atomic E-state index is 0.125. The van der Waals surface area contributed by atoms with Crippen molar-refractivity contribution in [2.24, 2.45) is 0 Å². The molecule has 0 amide bonds. The molecule has 4 heteroatoms. The Morgan fingerprint density at radius 2 is 1.50 bits per heavy atom. The van der Waals surface area contributed by atoms with Gasteiger partial charge in [0, 0.05) is 14.5 Å². The number of aldehydes is 1. The fourth-order valence-corrected chi connectivity index (χ4v) is 2.99. The molecule has 0 aromatic heterocycles. The second-order valence-electron chi connectivity index (χ2n) is 4.76. The number of aliphatic hydroxyl groups is 1. The molecule has 0 aliphatic rings. The molecule has 0 fully saturated rings. The molecular weight excluding hydrogens is 408 g/mol. The van der Waals surface area contributed by atoms with Crippen LogP contribution in [0.15, 0.2) is 45.3 Å². The van der Waals surface area contributed by atoms with Crippen molar-refractivity contribution in [2.45, 2.75) is 33.3 Å². The number of carbonyl (C=O) groups excluding carboxylic acids is 1. The summed E-state index contributed by atoms with van der Waals surface area (Å²) in [5.41, 5.74) is 4.14. The first-order valence-corrected chi connectivity index (χ1v) is 8.76. The van der Waals surface area contributed by atoms with Crippen LogP contribution in [0.4, 0.5) is 0 Å². The van der Waals surface area contributed by atoms with Gasteiger partial charge in [0.25, 0.3) is 0 Å². The first-order chi connectivity index (χ1) is 10.5. The quantitative estimate of drug-likeness (QED) is 0.669. The van der Waals surface area contributed by atoms with Crippen molar-refractivity contribution in [1.29, 1.82) is 0 Å². The summed E-state index contributed by atoms with van der Waals surface area (Å²) in [6, 6.07) is 11.5. The molecule has 0 spiro atoms. The van der Waals surface area contributed by atoms with E-state index in [2.05, 4.69) is 45.7 Å². The largest absolute Gasteiger partial charge is 0.392 e. The van der Waals surface area contributed by atoms with E-state index < -0.39 is 0 Å². The van der Waals surface area contributed by atoms with Crippen LogP contribution in [0.2, 0.25) is 0 Å². The number of aliphatic hydroxyl groups excluding tert-OH is 1.